The molecule has 4 rings (SSSR count). The van der Waals surface area contributed by atoms with Gasteiger partial charge >= 0.3 is 12.1 Å². The molecule has 1 aliphatic rings. The maximum absolute atomic E-state index is 14.8. The lowest BCUT2D eigenvalue weighted by atomic mass is 9.87. The van der Waals surface area contributed by atoms with Gasteiger partial charge in [-0.25, -0.2) is 4.39 Å². The molecule has 0 fully saturated rings. The van der Waals surface area contributed by atoms with E-state index in [-0.39, 0.29) is 28.5 Å². The maximum Gasteiger partial charge on any atom is 0.417 e. The lowest BCUT2D eigenvalue weighted by Crippen LogP contribution is -2.20. The number of nitrogens with zero attached hydrogens (tertiary/aromatic N) is 2. The third-order valence-corrected chi connectivity index (χ3v) is 5.95. The summed E-state index contributed by atoms with van der Waals surface area (Å²) in [5.41, 5.74) is -1.24. The summed E-state index contributed by atoms with van der Waals surface area (Å²) in [4.78, 5) is 25.0. The van der Waals surface area contributed by atoms with Crippen molar-refractivity contribution in [1.29, 1.82) is 0 Å². The summed E-state index contributed by atoms with van der Waals surface area (Å²) in [5.74, 6) is -2.51. The van der Waals surface area contributed by atoms with Crippen LogP contribution in [-0.4, -0.2) is 28.8 Å². The van der Waals surface area contributed by atoms with Crippen LogP contribution in [0.2, 0.25) is 5.02 Å². The highest BCUT2D eigenvalue weighted by Gasteiger charge is 2.37. The Hall–Kier alpha value is -3.20. The van der Waals surface area contributed by atoms with Gasteiger partial charge in [-0.05, 0) is 49.1 Å². The van der Waals surface area contributed by atoms with E-state index >= 15 is 0 Å². The first-order valence-electron chi connectivity index (χ1n) is 9.98. The smallest absolute Gasteiger partial charge is 0.417 e. The van der Waals surface area contributed by atoms with E-state index in [2.05, 4.69) is 5.10 Å². The van der Waals surface area contributed by atoms with Crippen molar-refractivity contribution < 1.29 is 31.9 Å². The molecule has 3 aromatic rings. The second kappa shape index (κ2) is 8.62. The predicted molar refractivity (Wildman–Crippen MR) is 113 cm³/mol. The zero-order valence-electron chi connectivity index (χ0n) is 17.2. The molecule has 0 saturated carbocycles. The van der Waals surface area contributed by atoms with Gasteiger partial charge in [-0.3, -0.25) is 9.59 Å². The van der Waals surface area contributed by atoms with Gasteiger partial charge in [-0.2, -0.15) is 23.0 Å². The topological polar surface area (TPSA) is 61.2 Å². The average Bonchev–Trinajstić information content (AvgIpc) is 3.18. The van der Waals surface area contributed by atoms with E-state index in [0.29, 0.717) is 24.8 Å². The summed E-state index contributed by atoms with van der Waals surface area (Å²) >= 11 is 5.99. The highest BCUT2D eigenvalue weighted by molar-refractivity contribution is 6.34. The molecule has 0 aliphatic heterocycles. The fraction of sp³-hybridized carbons (Fsp3) is 0.261. The average molecular weight is 481 g/mol. The molecule has 2 aromatic carbocycles. The number of fused-ring (bicyclic) bond motifs is 1. The Labute approximate surface area is 190 Å². The van der Waals surface area contributed by atoms with Gasteiger partial charge in [0.05, 0.1) is 45.8 Å². The lowest BCUT2D eigenvalue weighted by Gasteiger charge is -2.19. The fourth-order valence-electron chi connectivity index (χ4n) is 4.02. The monoisotopic (exact) mass is 480 g/mol. The van der Waals surface area contributed by atoms with Crippen LogP contribution >= 0.6 is 11.6 Å². The van der Waals surface area contributed by atoms with Crippen molar-refractivity contribution in [3.05, 3.63) is 70.1 Å². The van der Waals surface area contributed by atoms with Crippen LogP contribution in [0.5, 0.6) is 0 Å². The van der Waals surface area contributed by atoms with Gasteiger partial charge < -0.3 is 4.74 Å². The third kappa shape index (κ3) is 4.13. The number of carbonyl (C=O) groups excluding carboxylic acids is 2. The molecule has 0 bridgehead atoms. The molecule has 172 valence electrons. The van der Waals surface area contributed by atoms with Crippen LogP contribution in [-0.2, 0) is 15.7 Å². The van der Waals surface area contributed by atoms with E-state index in [9.17, 15) is 27.2 Å². The summed E-state index contributed by atoms with van der Waals surface area (Å²) in [6, 6.07) is 6.94. The zero-order valence-corrected chi connectivity index (χ0v) is 18.0. The predicted octanol–water partition coefficient (Wildman–Crippen LogP) is 5.89. The molecule has 0 spiro atoms. The van der Waals surface area contributed by atoms with E-state index in [0.717, 1.165) is 16.8 Å². The first-order valence-corrected chi connectivity index (χ1v) is 10.4. The van der Waals surface area contributed by atoms with Crippen molar-refractivity contribution >= 4 is 40.0 Å². The van der Waals surface area contributed by atoms with Crippen molar-refractivity contribution in [3.8, 4) is 0 Å². The number of methoxy groups -OCH3 is 1. The van der Waals surface area contributed by atoms with Gasteiger partial charge in [0, 0.05) is 0 Å². The number of benzene rings is 2. The minimum absolute atomic E-state index is 0.00855. The Morgan fingerprint density at radius 2 is 1.91 bits per heavy atom. The molecule has 0 radical (unpaired) electrons. The number of alkyl halides is 3. The Bertz CT molecular complexity index is 1300. The van der Waals surface area contributed by atoms with Crippen LogP contribution in [0.15, 0.2) is 42.5 Å². The second-order valence-electron chi connectivity index (χ2n) is 7.58. The number of allylic oxidation sites excluding steroid dienone is 2. The van der Waals surface area contributed by atoms with Crippen LogP contribution in [0.25, 0.3) is 16.5 Å². The first kappa shape index (κ1) is 23.0. The summed E-state index contributed by atoms with van der Waals surface area (Å²) in [6.07, 6.45) is -2.00. The summed E-state index contributed by atoms with van der Waals surface area (Å²) in [7, 11) is 1.29. The van der Waals surface area contributed by atoms with E-state index in [1.807, 2.05) is 0 Å². The molecule has 0 N–H and O–H groups in total. The number of aromatic nitrogens is 2. The van der Waals surface area contributed by atoms with Crippen LogP contribution in [0.4, 0.5) is 17.6 Å². The first-order chi connectivity index (χ1) is 15.6. The van der Waals surface area contributed by atoms with E-state index in [1.165, 1.54) is 31.4 Å². The molecule has 0 saturated heterocycles. The van der Waals surface area contributed by atoms with E-state index in [1.54, 1.807) is 6.08 Å². The summed E-state index contributed by atoms with van der Waals surface area (Å²) in [5, 5.41) is 3.84. The fourth-order valence-corrected chi connectivity index (χ4v) is 4.28. The van der Waals surface area contributed by atoms with Gasteiger partial charge in [0.15, 0.2) is 0 Å². The minimum atomic E-state index is -4.83. The molecule has 5 nitrogen and oxygen atoms in total. The Balaban J connectivity index is 1.86. The Morgan fingerprint density at radius 1 is 1.18 bits per heavy atom. The van der Waals surface area contributed by atoms with Crippen molar-refractivity contribution in [2.45, 2.75) is 25.4 Å². The highest BCUT2D eigenvalue weighted by atomic mass is 35.5. The van der Waals surface area contributed by atoms with Crippen molar-refractivity contribution in [1.82, 2.24) is 9.78 Å². The van der Waals surface area contributed by atoms with Gasteiger partial charge in [0.2, 0.25) is 0 Å². The molecule has 1 atom stereocenters. The standard InChI is InChI=1S/C23H17ClF4N2O3/c1-33-22(32)13-10-8-12(9-11-13)20-19-16(25)6-3-7-17(19)30(29-20)21(31)18-14(23(26,27)28)4-2-5-15(18)24/h2-8,13H,9-11H2,1H3. The zero-order chi connectivity index (χ0) is 23.9. The number of ether oxygens (including phenoxy) is 1. The number of hydrogen-bond donors (Lipinski definition) is 0. The lowest BCUT2D eigenvalue weighted by molar-refractivity contribution is -0.145. The van der Waals surface area contributed by atoms with Crippen molar-refractivity contribution in [2.24, 2.45) is 5.92 Å². The SMILES string of the molecule is COC(=O)C1CC=C(c2nn(C(=O)c3c(Cl)cccc3C(F)(F)F)c3cccc(F)c23)CC1. The maximum atomic E-state index is 14.8. The van der Waals surface area contributed by atoms with Crippen LogP contribution in [0.1, 0.15) is 40.9 Å². The molecule has 33 heavy (non-hydrogen) atoms. The highest BCUT2D eigenvalue weighted by Crippen LogP contribution is 2.38. The summed E-state index contributed by atoms with van der Waals surface area (Å²) in [6.45, 7) is 0. The van der Waals surface area contributed by atoms with Crippen molar-refractivity contribution in [2.75, 3.05) is 7.11 Å². The molecule has 1 unspecified atom stereocenters. The van der Waals surface area contributed by atoms with Crippen molar-refractivity contribution in [3.63, 3.8) is 0 Å². The van der Waals surface area contributed by atoms with Gasteiger partial charge in [-0.15, -0.1) is 0 Å². The third-order valence-electron chi connectivity index (χ3n) is 5.63. The Kier molecular flexibility index (Phi) is 6.00. The van der Waals surface area contributed by atoms with Crippen LogP contribution < -0.4 is 0 Å². The van der Waals surface area contributed by atoms with Gasteiger partial charge in [0.1, 0.15) is 5.82 Å². The number of hydrogen-bond acceptors (Lipinski definition) is 4. The van der Waals surface area contributed by atoms with E-state index in [4.69, 9.17) is 16.3 Å². The molecular weight excluding hydrogens is 464 g/mol. The minimum Gasteiger partial charge on any atom is -0.469 e. The summed E-state index contributed by atoms with van der Waals surface area (Å²) < 4.78 is 61.0. The van der Waals surface area contributed by atoms with Crippen LogP contribution in [0.3, 0.4) is 0 Å². The largest absolute Gasteiger partial charge is 0.469 e. The van der Waals surface area contributed by atoms with E-state index < -0.39 is 34.1 Å². The second-order valence-corrected chi connectivity index (χ2v) is 7.99. The quantitative estimate of drug-likeness (QED) is 0.346. The molecule has 10 heteroatoms. The van der Waals surface area contributed by atoms with Crippen LogP contribution in [0, 0.1) is 11.7 Å². The molecule has 1 aliphatic carbocycles. The molecule has 1 heterocycles. The number of esters is 1. The van der Waals surface area contributed by atoms with Gasteiger partial charge in [-0.1, -0.05) is 29.8 Å². The molecule has 1 aromatic heterocycles. The Morgan fingerprint density at radius 3 is 2.55 bits per heavy atom. The van der Waals surface area contributed by atoms with Gasteiger partial charge in [0.25, 0.3) is 5.91 Å². The molecular formula is C23H17ClF4N2O3. The molecule has 0 amide bonds. The number of carbonyl (C=O) groups is 2. The number of rotatable bonds is 3. The normalized spacial score (nSPS) is 16.5. The number of halogens is 5.